The number of nitrogens with two attached hydrogens (primary N) is 1. The molecule has 1 aliphatic heterocycles. The fraction of sp³-hybridized carbons (Fsp3) is 0.811. The molecule has 10 rings (SSSR count). The van der Waals surface area contributed by atoms with Gasteiger partial charge in [-0.15, -0.1) is 0 Å². The van der Waals surface area contributed by atoms with Crippen LogP contribution in [0, 0.1) is 40.4 Å². The molecule has 41 heavy (non-hydrogen) atoms. The molecule has 0 radical (unpaired) electrons. The molecule has 4 heteroatoms. The van der Waals surface area contributed by atoms with Crippen molar-refractivity contribution in [1.29, 1.82) is 0 Å². The number of rotatable bonds is 3. The molecule has 9 aliphatic rings. The van der Waals surface area contributed by atoms with Gasteiger partial charge in [0, 0.05) is 12.0 Å². The summed E-state index contributed by atoms with van der Waals surface area (Å²) in [6, 6.07) is 7.20. The average molecular weight is 563 g/mol. The minimum absolute atomic E-state index is 0.245. The van der Waals surface area contributed by atoms with Gasteiger partial charge in [-0.25, -0.2) is 0 Å². The average Bonchev–Trinajstić information content (AvgIpc) is 2.86. The van der Waals surface area contributed by atoms with Crippen LogP contribution in [0.1, 0.15) is 123 Å². The van der Waals surface area contributed by atoms with Crippen molar-refractivity contribution < 1.29 is 9.90 Å². The molecule has 0 atom stereocenters. The molecule has 1 aromatic rings. The molecule has 8 aliphatic carbocycles. The number of ketones is 1. The predicted molar refractivity (Wildman–Crippen MR) is 168 cm³/mol. The van der Waals surface area contributed by atoms with Crippen LogP contribution in [0.2, 0.25) is 0 Å². The first kappa shape index (κ1) is 29.7. The number of Topliss-reactive ketones (excluding diaryl/α,β-unsaturated/α-hetero) is 1. The van der Waals surface area contributed by atoms with Gasteiger partial charge in [0.25, 0.3) is 0 Å². The van der Waals surface area contributed by atoms with Crippen LogP contribution in [0.15, 0.2) is 24.3 Å². The number of phenols is 1. The highest BCUT2D eigenvalue weighted by Crippen LogP contribution is 2.64. The summed E-state index contributed by atoms with van der Waals surface area (Å²) in [4.78, 5) is 14.7. The zero-order valence-electron chi connectivity index (χ0n) is 26.6. The zero-order valence-corrected chi connectivity index (χ0v) is 26.6. The maximum absolute atomic E-state index is 12.4. The lowest BCUT2D eigenvalue weighted by molar-refractivity contribution is -0.126. The number of hydrogen-bond donors (Lipinski definition) is 2. The fourth-order valence-electron chi connectivity index (χ4n) is 12.3. The molecular weight excluding hydrogens is 504 g/mol. The van der Waals surface area contributed by atoms with Crippen molar-refractivity contribution in [3.63, 3.8) is 0 Å². The minimum Gasteiger partial charge on any atom is -0.508 e. The molecule has 228 valence electrons. The molecule has 1 aromatic carbocycles. The van der Waals surface area contributed by atoms with E-state index in [-0.39, 0.29) is 11.2 Å². The summed E-state index contributed by atoms with van der Waals surface area (Å²) in [5.41, 5.74) is 8.73. The Morgan fingerprint density at radius 3 is 1.76 bits per heavy atom. The molecule has 0 aromatic heterocycles. The summed E-state index contributed by atoms with van der Waals surface area (Å²) in [5.74, 6) is 5.82. The van der Waals surface area contributed by atoms with Gasteiger partial charge in [0.2, 0.25) is 0 Å². The van der Waals surface area contributed by atoms with Gasteiger partial charge in [-0.3, -0.25) is 4.79 Å². The second kappa shape index (κ2) is 11.0. The van der Waals surface area contributed by atoms with Crippen LogP contribution in [0.5, 0.6) is 5.75 Å². The van der Waals surface area contributed by atoms with Crippen molar-refractivity contribution in [3.05, 3.63) is 29.8 Å². The monoisotopic (exact) mass is 562 g/mol. The number of hydrogen-bond acceptors (Lipinski definition) is 4. The van der Waals surface area contributed by atoms with Gasteiger partial charge in [0.05, 0.1) is 5.41 Å². The van der Waals surface area contributed by atoms with Gasteiger partial charge >= 0.3 is 0 Å². The van der Waals surface area contributed by atoms with Crippen LogP contribution in [0.4, 0.5) is 0 Å². The number of aromatic hydroxyl groups is 1. The van der Waals surface area contributed by atoms with E-state index in [0.29, 0.717) is 17.7 Å². The van der Waals surface area contributed by atoms with E-state index in [4.69, 9.17) is 5.73 Å². The highest BCUT2D eigenvalue weighted by Gasteiger charge is 2.53. The highest BCUT2D eigenvalue weighted by molar-refractivity contribution is 5.90. The van der Waals surface area contributed by atoms with Crippen LogP contribution in [0.25, 0.3) is 0 Å². The molecule has 8 bridgehead atoms. The molecular formula is C37H58N2O2. The van der Waals surface area contributed by atoms with Gasteiger partial charge in [-0.2, -0.15) is 0 Å². The molecule has 8 saturated carbocycles. The third-order valence-corrected chi connectivity index (χ3v) is 12.8. The number of phenolic OH excluding ortho intramolecular Hbond substituents is 1. The molecule has 9 fully saturated rings. The van der Waals surface area contributed by atoms with E-state index >= 15 is 0 Å². The van der Waals surface area contributed by atoms with Gasteiger partial charge in [-0.1, -0.05) is 32.9 Å². The minimum atomic E-state index is -0.389. The molecule has 1 saturated heterocycles. The third-order valence-electron chi connectivity index (χ3n) is 12.8. The molecule has 4 nitrogen and oxygen atoms in total. The Morgan fingerprint density at radius 2 is 1.34 bits per heavy atom. The topological polar surface area (TPSA) is 66.6 Å². The number of piperidine rings is 1. The quantitative estimate of drug-likeness (QED) is 0.393. The lowest BCUT2D eigenvalue weighted by Crippen LogP contribution is -2.55. The summed E-state index contributed by atoms with van der Waals surface area (Å²) in [7, 11) is 2.09. The molecule has 0 spiro atoms. The van der Waals surface area contributed by atoms with Crippen molar-refractivity contribution in [2.24, 2.45) is 46.2 Å². The normalized spacial score (nSPS) is 43.1. The lowest BCUT2D eigenvalue weighted by atomic mass is 9.45. The van der Waals surface area contributed by atoms with E-state index in [1.807, 2.05) is 19.1 Å². The van der Waals surface area contributed by atoms with Gasteiger partial charge in [0.1, 0.15) is 11.5 Å². The second-order valence-corrected chi connectivity index (χ2v) is 17.1. The summed E-state index contributed by atoms with van der Waals surface area (Å²) in [6.07, 6.45) is 20.1. The van der Waals surface area contributed by atoms with E-state index in [9.17, 15) is 9.90 Å². The Bertz CT molecular complexity index is 1030. The van der Waals surface area contributed by atoms with Crippen LogP contribution in [-0.4, -0.2) is 41.5 Å². The maximum atomic E-state index is 12.4. The Kier molecular flexibility index (Phi) is 7.93. The Hall–Kier alpha value is -1.39. The second-order valence-electron chi connectivity index (χ2n) is 17.1. The van der Waals surface area contributed by atoms with Crippen molar-refractivity contribution in [2.75, 3.05) is 20.1 Å². The Labute approximate surface area is 250 Å². The van der Waals surface area contributed by atoms with E-state index in [1.54, 1.807) is 44.2 Å². The molecule has 3 N–H and O–H groups in total. The molecule has 1 heterocycles. The first-order valence-corrected chi connectivity index (χ1v) is 17.2. The maximum Gasteiger partial charge on any atom is 0.143 e. The molecule has 0 unspecified atom stereocenters. The summed E-state index contributed by atoms with van der Waals surface area (Å²) >= 11 is 0. The predicted octanol–water partition coefficient (Wildman–Crippen LogP) is 7.86. The van der Waals surface area contributed by atoms with Crippen LogP contribution >= 0.6 is 0 Å². The Morgan fingerprint density at radius 1 is 0.854 bits per heavy atom. The van der Waals surface area contributed by atoms with Gasteiger partial charge in [-0.05, 0) is 168 Å². The van der Waals surface area contributed by atoms with Crippen LogP contribution < -0.4 is 5.73 Å². The SMILES string of the molecule is CC12CC3CC(C1)CC(C)(C3)C2.CCC(=O)C1(c2cccc(O)c2)CCN(C)CC1.NC12CC3CC(CC(C3)C1)C2. The van der Waals surface area contributed by atoms with Gasteiger partial charge in [0.15, 0.2) is 0 Å². The zero-order chi connectivity index (χ0) is 29.0. The summed E-state index contributed by atoms with van der Waals surface area (Å²) in [5, 5.41) is 9.64. The van der Waals surface area contributed by atoms with Crippen molar-refractivity contribution >= 4 is 5.78 Å². The van der Waals surface area contributed by atoms with E-state index in [1.165, 1.54) is 44.9 Å². The third kappa shape index (κ3) is 6.17. The van der Waals surface area contributed by atoms with Crippen LogP contribution in [-0.2, 0) is 10.2 Å². The first-order chi connectivity index (χ1) is 19.4. The molecule has 0 amide bonds. The summed E-state index contributed by atoms with van der Waals surface area (Å²) in [6.45, 7) is 8.87. The van der Waals surface area contributed by atoms with E-state index in [0.717, 1.165) is 71.9 Å². The van der Waals surface area contributed by atoms with E-state index < -0.39 is 0 Å². The Balaban J connectivity index is 0.000000114. The summed E-state index contributed by atoms with van der Waals surface area (Å²) < 4.78 is 0. The van der Waals surface area contributed by atoms with Crippen LogP contribution in [0.3, 0.4) is 0 Å². The van der Waals surface area contributed by atoms with E-state index in [2.05, 4.69) is 25.8 Å². The standard InChI is InChI=1S/C15H21NO2.C12H20.C10H17N/c1-3-14(18)15(7-9-16(2)10-8-15)12-5-4-6-13(17)11-12;1-11-4-9-3-10(5-11)7-12(2,6-9)8-11;11-10-4-7-1-8(5-10)3-9(2-7)6-10/h4-6,11,17H,3,7-10H2,1-2H3;9-10H,3-8H2,1-2H3;7-9H,1-6,11H2. The number of carbonyl (C=O) groups excluding carboxylic acids is 1. The lowest BCUT2D eigenvalue weighted by Gasteiger charge is -2.60. The van der Waals surface area contributed by atoms with Crippen molar-refractivity contribution in [3.8, 4) is 5.75 Å². The van der Waals surface area contributed by atoms with Crippen molar-refractivity contribution in [1.82, 2.24) is 4.90 Å². The van der Waals surface area contributed by atoms with Gasteiger partial charge < -0.3 is 15.7 Å². The number of likely N-dealkylation sites (tertiary alicyclic amines) is 1. The first-order valence-electron chi connectivity index (χ1n) is 17.2. The smallest absolute Gasteiger partial charge is 0.143 e. The largest absolute Gasteiger partial charge is 0.508 e. The number of carbonyl (C=O) groups is 1. The highest BCUT2D eigenvalue weighted by atomic mass is 16.3. The number of benzene rings is 1. The fourth-order valence-corrected chi connectivity index (χ4v) is 12.3. The van der Waals surface area contributed by atoms with Crippen molar-refractivity contribution in [2.45, 2.75) is 128 Å². The number of nitrogens with zero attached hydrogens (tertiary/aromatic N) is 1.